The lowest BCUT2D eigenvalue weighted by atomic mass is 10.0. The fourth-order valence-corrected chi connectivity index (χ4v) is 7.62. The molecule has 0 saturated carbocycles. The summed E-state index contributed by atoms with van der Waals surface area (Å²) in [6.07, 6.45) is 4.20. The van der Waals surface area contributed by atoms with Gasteiger partial charge in [-0.25, -0.2) is 9.59 Å². The monoisotopic (exact) mass is 1040 g/mol. The molecule has 7 amide bonds. The predicted octanol–water partition coefficient (Wildman–Crippen LogP) is 2.78. The number of aryl methyl sites for hydroxylation is 1. The lowest BCUT2D eigenvalue weighted by Crippen LogP contribution is -2.51. The van der Waals surface area contributed by atoms with Gasteiger partial charge in [-0.05, 0) is 48.1 Å². The molecule has 5 rings (SSSR count). The molecule has 2 aromatic carbocycles. The number of amides is 7. The number of aromatic amines is 1. The van der Waals surface area contributed by atoms with Gasteiger partial charge in [0.2, 0.25) is 17.7 Å². The lowest BCUT2D eigenvalue weighted by Gasteiger charge is -2.22. The van der Waals surface area contributed by atoms with Crippen LogP contribution in [0.1, 0.15) is 37.0 Å². The molecule has 0 spiro atoms. The van der Waals surface area contributed by atoms with Crippen molar-refractivity contribution in [3.63, 3.8) is 0 Å². The maximum absolute atomic E-state index is 13.1. The molecule has 0 fully saturated rings. The largest absolute Gasteiger partial charge is 0.445 e. The Labute approximate surface area is 431 Å². The molecule has 0 saturated heterocycles. The molecule has 23 nitrogen and oxygen atoms in total. The number of hydrogen-bond acceptors (Lipinski definition) is 16. The molecular weight excluding hydrogens is 965 g/mol. The van der Waals surface area contributed by atoms with E-state index in [2.05, 4.69) is 25.8 Å². The predicted molar refractivity (Wildman–Crippen MR) is 272 cm³/mol. The molecule has 1 unspecified atom stereocenters. The first-order valence-electron chi connectivity index (χ1n) is 24.7. The minimum Gasteiger partial charge on any atom is -0.445 e. The van der Waals surface area contributed by atoms with Crippen LogP contribution in [0.3, 0.4) is 0 Å². The summed E-state index contributed by atoms with van der Waals surface area (Å²) in [7, 11) is 5.20. The Bertz CT molecular complexity index is 2360. The number of nitrogens with one attached hydrogen (secondary N) is 4. The first-order valence-corrected chi connectivity index (χ1v) is 24.7. The van der Waals surface area contributed by atoms with E-state index in [9.17, 15) is 33.6 Å². The third kappa shape index (κ3) is 18.7. The molecule has 1 aromatic heterocycles. The number of benzene rings is 2. The Kier molecular flexibility index (Phi) is 24.0. The average molecular weight is 1040 g/mol. The van der Waals surface area contributed by atoms with E-state index in [1.165, 1.54) is 27.5 Å². The number of anilines is 2. The Balaban J connectivity index is 0.840. The van der Waals surface area contributed by atoms with E-state index in [0.717, 1.165) is 40.0 Å². The van der Waals surface area contributed by atoms with Crippen LogP contribution in [-0.4, -0.2) is 201 Å². The van der Waals surface area contributed by atoms with Gasteiger partial charge in [-0.3, -0.25) is 28.9 Å². The van der Waals surface area contributed by atoms with Crippen LogP contribution < -0.4 is 25.6 Å². The number of ether oxygens (including phenoxy) is 8. The van der Waals surface area contributed by atoms with Crippen molar-refractivity contribution in [1.29, 1.82) is 0 Å². The van der Waals surface area contributed by atoms with Gasteiger partial charge in [-0.1, -0.05) is 26.0 Å². The number of H-pyrrole nitrogens is 1. The SMILES string of the molecule is Cc1c[nH]c2c(OC(=O)N(C)CCN(C)C(=O)OCc3ccc(NC(=O)CNC(=O)C(NC(=O)CCOCCOCCOCCOCCOCCOCCN4C(=O)C=CC4=O)C(C)C)cc3)cc3c(c12)CCN3C. The summed E-state index contributed by atoms with van der Waals surface area (Å²) in [4.78, 5) is 96.4. The fraction of sp³-hybridized carbons (Fsp3) is 0.549. The number of carbonyl (C=O) groups is 7. The summed E-state index contributed by atoms with van der Waals surface area (Å²) in [6.45, 7) is 10.7. The van der Waals surface area contributed by atoms with Gasteiger partial charge in [0.25, 0.3) is 11.8 Å². The van der Waals surface area contributed by atoms with Crippen LogP contribution in [0.5, 0.6) is 5.75 Å². The number of rotatable bonds is 33. The van der Waals surface area contributed by atoms with E-state index in [-0.39, 0.29) is 82.7 Å². The highest BCUT2D eigenvalue weighted by molar-refractivity contribution is 6.12. The van der Waals surface area contributed by atoms with Crippen LogP contribution in [0.25, 0.3) is 10.9 Å². The van der Waals surface area contributed by atoms with E-state index < -0.39 is 30.0 Å². The van der Waals surface area contributed by atoms with Crippen LogP contribution in [0.2, 0.25) is 0 Å². The van der Waals surface area contributed by atoms with Gasteiger partial charge >= 0.3 is 12.2 Å². The molecule has 0 aliphatic carbocycles. The Hall–Kier alpha value is -6.63. The molecule has 4 N–H and O–H groups in total. The third-order valence-corrected chi connectivity index (χ3v) is 11.9. The van der Waals surface area contributed by atoms with Crippen molar-refractivity contribution in [3.8, 4) is 5.75 Å². The van der Waals surface area contributed by atoms with Crippen LogP contribution in [0, 0.1) is 12.8 Å². The number of likely N-dealkylation sites (N-methyl/N-ethyl adjacent to an activating group) is 3. The standard InChI is InChI=1S/C51H72N8O15/c1-35(2)47(55-42(60)14-19-67-21-23-69-25-27-71-29-30-72-28-26-70-24-22-68-20-18-59-44(62)11-12-45(59)63)49(64)53-33-43(61)54-38-9-7-37(8-10-38)34-73-50(65)57(5)16-17-58(6)51(66)74-41-31-40-39(13-15-56(40)4)46-36(3)32-52-48(41)46/h7-12,31-32,35,47,52H,13-30,33-34H2,1-6H3,(H,53,64)(H,54,61)(H,55,60). The first-order chi connectivity index (χ1) is 35.6. The van der Waals surface area contributed by atoms with Gasteiger partial charge in [0.1, 0.15) is 12.6 Å². The molecule has 74 heavy (non-hydrogen) atoms. The minimum absolute atomic E-state index is 0.0245. The summed E-state index contributed by atoms with van der Waals surface area (Å²) in [5.74, 6) is -1.84. The summed E-state index contributed by atoms with van der Waals surface area (Å²) in [6, 6.07) is 7.69. The molecule has 3 heterocycles. The van der Waals surface area contributed by atoms with Gasteiger partial charge in [-0.2, -0.15) is 0 Å². The topological polar surface area (TPSA) is 258 Å². The highest BCUT2D eigenvalue weighted by Gasteiger charge is 2.27. The van der Waals surface area contributed by atoms with Crippen molar-refractivity contribution in [1.82, 2.24) is 30.3 Å². The molecule has 0 bridgehead atoms. The Morgan fingerprint density at radius 2 is 1.30 bits per heavy atom. The molecule has 23 heteroatoms. The number of nitrogens with zero attached hydrogens (tertiary/aromatic N) is 4. The Morgan fingerprint density at radius 3 is 1.88 bits per heavy atom. The zero-order chi connectivity index (χ0) is 53.4. The number of carbonyl (C=O) groups excluding carboxylic acids is 7. The van der Waals surface area contributed by atoms with Crippen LogP contribution >= 0.6 is 0 Å². The number of imide groups is 1. The van der Waals surface area contributed by atoms with Crippen molar-refractivity contribution >= 4 is 64.0 Å². The van der Waals surface area contributed by atoms with Gasteiger partial charge < -0.3 is 73.5 Å². The highest BCUT2D eigenvalue weighted by atomic mass is 16.6. The van der Waals surface area contributed by atoms with E-state index in [1.54, 1.807) is 52.2 Å². The maximum atomic E-state index is 13.1. The van der Waals surface area contributed by atoms with Gasteiger partial charge in [0, 0.05) is 88.4 Å². The molecule has 2 aliphatic heterocycles. The fourth-order valence-electron chi connectivity index (χ4n) is 7.62. The third-order valence-electron chi connectivity index (χ3n) is 11.9. The van der Waals surface area contributed by atoms with E-state index in [1.807, 2.05) is 26.2 Å². The van der Waals surface area contributed by atoms with Crippen molar-refractivity contribution in [2.24, 2.45) is 5.92 Å². The lowest BCUT2D eigenvalue weighted by molar-refractivity contribution is -0.137. The van der Waals surface area contributed by atoms with Gasteiger partial charge in [-0.15, -0.1) is 0 Å². The Morgan fingerprint density at radius 1 is 0.743 bits per heavy atom. The van der Waals surface area contributed by atoms with Gasteiger partial charge in [0.05, 0.1) is 97.9 Å². The quantitative estimate of drug-likeness (QED) is 0.0505. The number of hydrogen-bond donors (Lipinski definition) is 4. The summed E-state index contributed by atoms with van der Waals surface area (Å²) >= 11 is 0. The molecule has 1 atom stereocenters. The molecule has 3 aromatic rings. The number of fused-ring (bicyclic) bond motifs is 3. The average Bonchev–Trinajstić information content (AvgIpc) is 4.06. The van der Waals surface area contributed by atoms with Crippen LogP contribution in [0.4, 0.5) is 21.0 Å². The zero-order valence-electron chi connectivity index (χ0n) is 43.3. The summed E-state index contributed by atoms with van der Waals surface area (Å²) in [5.41, 5.74) is 5.29. The van der Waals surface area contributed by atoms with Crippen molar-refractivity contribution in [2.75, 3.05) is 143 Å². The van der Waals surface area contributed by atoms with E-state index in [4.69, 9.17) is 37.9 Å². The van der Waals surface area contributed by atoms with Crippen molar-refractivity contribution in [2.45, 2.75) is 46.3 Å². The molecule has 2 aliphatic rings. The van der Waals surface area contributed by atoms with Crippen molar-refractivity contribution in [3.05, 3.63) is 65.4 Å². The minimum atomic E-state index is -0.872. The smallest absolute Gasteiger partial charge is 0.415 e. The first kappa shape index (κ1) is 58.3. The summed E-state index contributed by atoms with van der Waals surface area (Å²) in [5, 5.41) is 9.09. The van der Waals surface area contributed by atoms with Crippen LogP contribution in [0.15, 0.2) is 48.7 Å². The second-order valence-electron chi connectivity index (χ2n) is 17.9. The van der Waals surface area contributed by atoms with E-state index >= 15 is 0 Å². The highest BCUT2D eigenvalue weighted by Crippen LogP contribution is 2.40. The van der Waals surface area contributed by atoms with E-state index in [0.29, 0.717) is 76.5 Å². The molecular formula is C51H72N8O15. The zero-order valence-corrected chi connectivity index (χ0v) is 43.3. The normalized spacial score (nSPS) is 13.4. The molecule has 406 valence electrons. The second-order valence-corrected chi connectivity index (χ2v) is 17.9. The summed E-state index contributed by atoms with van der Waals surface area (Å²) < 4.78 is 44.0. The number of aromatic nitrogens is 1. The molecule has 0 radical (unpaired) electrons. The maximum Gasteiger partial charge on any atom is 0.415 e. The van der Waals surface area contributed by atoms with Gasteiger partial charge in [0.15, 0.2) is 5.75 Å². The van der Waals surface area contributed by atoms with Crippen molar-refractivity contribution < 1.29 is 71.5 Å². The van der Waals surface area contributed by atoms with Crippen LogP contribution in [-0.2, 0) is 70.2 Å². The second kappa shape index (κ2) is 30.5.